The van der Waals surface area contributed by atoms with Gasteiger partial charge in [-0.05, 0) is 70.9 Å². The van der Waals surface area contributed by atoms with Crippen LogP contribution in [-0.2, 0) is 4.79 Å². The number of hydrazine groups is 1. The van der Waals surface area contributed by atoms with Crippen LogP contribution in [0.5, 0.6) is 0 Å². The molecule has 1 fully saturated rings. The number of benzene rings is 3. The predicted molar refractivity (Wildman–Crippen MR) is 135 cm³/mol. The van der Waals surface area contributed by atoms with E-state index in [9.17, 15) is 18.8 Å². The molecule has 5 rings (SSSR count). The molecule has 2 aliphatic rings. The Hall–Kier alpha value is -3.99. The first-order valence-electron chi connectivity index (χ1n) is 11.3. The molecule has 0 bridgehead atoms. The molecule has 180 valence electrons. The van der Waals surface area contributed by atoms with E-state index in [0.29, 0.717) is 28.0 Å². The largest absolute Gasteiger partial charge is 0.478 e. The van der Waals surface area contributed by atoms with E-state index in [2.05, 4.69) is 16.9 Å². The van der Waals surface area contributed by atoms with Crippen molar-refractivity contribution >= 4 is 40.5 Å². The first-order chi connectivity index (χ1) is 17.4. The molecule has 1 aliphatic carbocycles. The highest BCUT2D eigenvalue weighted by Gasteiger charge is 2.34. The highest BCUT2D eigenvalue weighted by atomic mass is 35.5. The number of aliphatic carboxylic acids is 1. The molecule has 1 atom stereocenters. The summed E-state index contributed by atoms with van der Waals surface area (Å²) in [6.45, 7) is 0. The van der Waals surface area contributed by atoms with Gasteiger partial charge in [-0.1, -0.05) is 48.0 Å². The number of alkyl halides is 1. The van der Waals surface area contributed by atoms with Crippen LogP contribution in [0, 0.1) is 23.1 Å². The number of nitrogens with zero attached hydrogens (tertiary/aromatic N) is 1. The molecule has 5 nitrogen and oxygen atoms in total. The third-order valence-corrected chi connectivity index (χ3v) is 6.62. The molecular weight excluding hydrogens is 484 g/mol. The third-order valence-electron chi connectivity index (χ3n) is 6.31. The van der Waals surface area contributed by atoms with Crippen LogP contribution in [0.3, 0.4) is 0 Å². The number of hydrogen-bond donors (Lipinski definition) is 3. The molecule has 3 aromatic carbocycles. The van der Waals surface area contributed by atoms with Gasteiger partial charge in [0.25, 0.3) is 0 Å². The van der Waals surface area contributed by atoms with Crippen molar-refractivity contribution in [2.75, 3.05) is 5.43 Å². The van der Waals surface area contributed by atoms with Crippen LogP contribution in [0.4, 0.5) is 14.5 Å². The number of hydrogen-bond acceptors (Lipinski definition) is 4. The van der Waals surface area contributed by atoms with Crippen molar-refractivity contribution in [2.24, 2.45) is 5.92 Å². The molecule has 0 spiro atoms. The summed E-state index contributed by atoms with van der Waals surface area (Å²) >= 11 is 6.52. The summed E-state index contributed by atoms with van der Waals surface area (Å²) in [6, 6.07) is 17.1. The molecular formula is C28H20ClF2N3O2. The normalized spacial score (nSPS) is 17.3. The lowest BCUT2D eigenvalue weighted by Gasteiger charge is -2.20. The molecule has 0 saturated heterocycles. The van der Waals surface area contributed by atoms with Crippen LogP contribution in [0.2, 0.25) is 5.02 Å². The van der Waals surface area contributed by atoms with E-state index < -0.39 is 18.1 Å². The van der Waals surface area contributed by atoms with E-state index in [1.165, 1.54) is 18.2 Å². The molecule has 0 aromatic heterocycles. The molecule has 36 heavy (non-hydrogen) atoms. The SMILES string of the molecule is N#Cc1c(/C(=C(/c2ccc(F)cc2Cl)C2CC2)c2ccc(/C=C/C(=O)O)cc2)ccc2c1C(F)NN2. The van der Waals surface area contributed by atoms with Crippen molar-refractivity contribution in [1.29, 1.82) is 5.26 Å². The number of allylic oxidation sites excluding steroid dienone is 1. The Morgan fingerprint density at radius 1 is 1.11 bits per heavy atom. The van der Waals surface area contributed by atoms with Gasteiger partial charge in [0, 0.05) is 17.2 Å². The second-order valence-corrected chi connectivity index (χ2v) is 9.08. The Bertz CT molecular complexity index is 1470. The molecule has 0 amide bonds. The van der Waals surface area contributed by atoms with Crippen molar-refractivity contribution in [3.05, 3.63) is 105 Å². The monoisotopic (exact) mass is 503 g/mol. The van der Waals surface area contributed by atoms with Gasteiger partial charge in [0.05, 0.1) is 16.3 Å². The molecule has 1 heterocycles. The second-order valence-electron chi connectivity index (χ2n) is 8.67. The maximum absolute atomic E-state index is 14.8. The number of carboxylic acid groups (broad SMARTS) is 1. The Morgan fingerprint density at radius 3 is 2.47 bits per heavy atom. The van der Waals surface area contributed by atoms with Gasteiger partial charge in [0.2, 0.25) is 0 Å². The Morgan fingerprint density at radius 2 is 1.83 bits per heavy atom. The first kappa shape index (κ1) is 23.7. The predicted octanol–water partition coefficient (Wildman–Crippen LogP) is 6.72. The number of carbonyl (C=O) groups is 1. The van der Waals surface area contributed by atoms with Gasteiger partial charge in [0.1, 0.15) is 11.9 Å². The molecule has 3 N–H and O–H groups in total. The standard InChI is InChI=1S/C28H20ClF2N3O2/c29-22-13-18(30)8-9-20(22)26(17-6-7-17)25(16-4-1-15(2-5-16)3-12-24(35)36)19-10-11-23-27(21(19)14-32)28(31)34-33-23/h1-5,8-13,17,28,33-34H,6-7H2,(H,35,36)/b12-3+,26-25+. The van der Waals surface area contributed by atoms with Crippen LogP contribution in [-0.4, -0.2) is 11.1 Å². The number of rotatable bonds is 6. The van der Waals surface area contributed by atoms with Gasteiger partial charge in [-0.2, -0.15) is 5.26 Å². The fourth-order valence-corrected chi connectivity index (χ4v) is 4.83. The van der Waals surface area contributed by atoms with Gasteiger partial charge < -0.3 is 10.5 Å². The molecule has 0 radical (unpaired) electrons. The summed E-state index contributed by atoms with van der Waals surface area (Å²) in [6.07, 6.45) is 2.77. The zero-order chi connectivity index (χ0) is 25.4. The van der Waals surface area contributed by atoms with E-state index in [1.54, 1.807) is 30.3 Å². The number of carboxylic acids is 1. The van der Waals surface area contributed by atoms with Crippen molar-refractivity contribution in [3.8, 4) is 6.07 Å². The van der Waals surface area contributed by atoms with Gasteiger partial charge >= 0.3 is 5.97 Å². The van der Waals surface area contributed by atoms with Crippen LogP contribution in [0.1, 0.15) is 52.5 Å². The summed E-state index contributed by atoms with van der Waals surface area (Å²) in [5.74, 6) is -1.38. The molecule has 3 aromatic rings. The average Bonchev–Trinajstić information content (AvgIpc) is 3.63. The fourth-order valence-electron chi connectivity index (χ4n) is 4.56. The number of halogens is 3. The van der Waals surface area contributed by atoms with Gasteiger partial charge in [-0.15, -0.1) is 0 Å². The Labute approximate surface area is 211 Å². The third kappa shape index (κ3) is 4.49. The molecule has 1 aliphatic heterocycles. The van der Waals surface area contributed by atoms with Gasteiger partial charge in [-0.3, -0.25) is 0 Å². The van der Waals surface area contributed by atoms with E-state index in [4.69, 9.17) is 16.7 Å². The second kappa shape index (κ2) is 9.57. The quantitative estimate of drug-likeness (QED) is 0.197. The fraction of sp³-hybridized carbons (Fsp3) is 0.143. The summed E-state index contributed by atoms with van der Waals surface area (Å²) in [5, 5.41) is 19.3. The van der Waals surface area contributed by atoms with E-state index in [-0.39, 0.29) is 22.1 Å². The number of nitriles is 1. The highest BCUT2D eigenvalue weighted by molar-refractivity contribution is 6.33. The molecule has 1 saturated carbocycles. The van der Waals surface area contributed by atoms with Crippen LogP contribution in [0.15, 0.2) is 60.7 Å². The number of nitrogens with one attached hydrogen (secondary N) is 2. The number of anilines is 1. The van der Waals surface area contributed by atoms with Crippen molar-refractivity contribution in [1.82, 2.24) is 5.43 Å². The van der Waals surface area contributed by atoms with Crippen LogP contribution >= 0.6 is 11.6 Å². The van der Waals surface area contributed by atoms with Gasteiger partial charge in [-0.25, -0.2) is 19.0 Å². The topological polar surface area (TPSA) is 85.2 Å². The first-order valence-corrected chi connectivity index (χ1v) is 11.7. The van der Waals surface area contributed by atoms with Crippen LogP contribution < -0.4 is 10.9 Å². The smallest absolute Gasteiger partial charge is 0.328 e. The lowest BCUT2D eigenvalue weighted by molar-refractivity contribution is -0.131. The van der Waals surface area contributed by atoms with Crippen molar-refractivity contribution in [3.63, 3.8) is 0 Å². The minimum atomic E-state index is -1.56. The highest BCUT2D eigenvalue weighted by Crippen LogP contribution is 2.50. The summed E-state index contributed by atoms with van der Waals surface area (Å²) in [4.78, 5) is 10.9. The maximum Gasteiger partial charge on any atom is 0.328 e. The van der Waals surface area contributed by atoms with E-state index >= 15 is 0 Å². The zero-order valence-electron chi connectivity index (χ0n) is 18.9. The molecule has 1 unspecified atom stereocenters. The Balaban J connectivity index is 1.79. The lowest BCUT2D eigenvalue weighted by Crippen LogP contribution is -2.14. The maximum atomic E-state index is 14.8. The lowest BCUT2D eigenvalue weighted by atomic mass is 9.83. The molecule has 8 heteroatoms. The Kier molecular flexibility index (Phi) is 6.31. The minimum Gasteiger partial charge on any atom is -0.478 e. The zero-order valence-corrected chi connectivity index (χ0v) is 19.6. The summed E-state index contributed by atoms with van der Waals surface area (Å²) in [7, 11) is 0. The summed E-state index contributed by atoms with van der Waals surface area (Å²) < 4.78 is 28.7. The van der Waals surface area contributed by atoms with Gasteiger partial charge in [0.15, 0.2) is 6.30 Å². The number of fused-ring (bicyclic) bond motifs is 1. The minimum absolute atomic E-state index is 0.131. The van der Waals surface area contributed by atoms with Crippen LogP contribution in [0.25, 0.3) is 17.2 Å². The van der Waals surface area contributed by atoms with E-state index in [0.717, 1.165) is 30.1 Å². The average molecular weight is 504 g/mol. The van der Waals surface area contributed by atoms with Crippen molar-refractivity contribution < 1.29 is 18.7 Å². The van der Waals surface area contributed by atoms with E-state index in [1.807, 2.05) is 12.1 Å². The summed E-state index contributed by atoms with van der Waals surface area (Å²) in [5.41, 5.74) is 10.4. The van der Waals surface area contributed by atoms with Crippen molar-refractivity contribution in [2.45, 2.75) is 19.1 Å².